The zero-order valence-electron chi connectivity index (χ0n) is 18.9. The molecule has 3 rings (SSSR count). The number of esters is 1. The van der Waals surface area contributed by atoms with Crippen LogP contribution in [0.1, 0.15) is 31.8 Å². The number of methoxy groups -OCH3 is 2. The van der Waals surface area contributed by atoms with E-state index in [1.165, 1.54) is 26.4 Å². The van der Waals surface area contributed by atoms with E-state index >= 15 is 0 Å². The summed E-state index contributed by atoms with van der Waals surface area (Å²) >= 11 is 6.22. The Labute approximate surface area is 206 Å². The quantitative estimate of drug-likeness (QED) is 0.384. The molecule has 0 fully saturated rings. The molecule has 3 aromatic carbocycles. The van der Waals surface area contributed by atoms with Crippen molar-refractivity contribution in [2.45, 2.75) is 0 Å². The van der Waals surface area contributed by atoms with Crippen LogP contribution in [-0.4, -0.2) is 38.6 Å². The second kappa shape index (κ2) is 11.6. The van der Waals surface area contributed by atoms with Gasteiger partial charge in [-0.1, -0.05) is 35.6 Å². The predicted octanol–water partition coefficient (Wildman–Crippen LogP) is 3.65. The molecule has 0 saturated heterocycles. The monoisotopic (exact) mass is 492 g/mol. The number of halogens is 1. The van der Waals surface area contributed by atoms with E-state index in [9.17, 15) is 14.4 Å². The first kappa shape index (κ1) is 25.1. The number of hydrogen-bond acceptors (Lipinski definition) is 6. The number of nitrogens with one attached hydrogen (secondary N) is 1. The summed E-state index contributed by atoms with van der Waals surface area (Å²) in [5.41, 5.74) is 7.52. The maximum atomic E-state index is 12.8. The summed E-state index contributed by atoms with van der Waals surface area (Å²) in [4.78, 5) is 35.5. The number of carbonyl (C=O) groups is 3. The molecule has 0 bridgehead atoms. The first-order valence-electron chi connectivity index (χ1n) is 10.2. The molecule has 35 heavy (non-hydrogen) atoms. The highest BCUT2D eigenvalue weighted by Crippen LogP contribution is 2.36. The summed E-state index contributed by atoms with van der Waals surface area (Å²) in [6.45, 7) is -0.386. The van der Waals surface area contributed by atoms with E-state index in [4.69, 9.17) is 31.5 Å². The molecule has 0 aliphatic carbocycles. The summed E-state index contributed by atoms with van der Waals surface area (Å²) in [7, 11) is 2.70. The molecular weight excluding hydrogens is 472 g/mol. The highest BCUT2D eigenvalue weighted by molar-refractivity contribution is 6.32. The maximum absolute atomic E-state index is 12.8. The zero-order valence-corrected chi connectivity index (χ0v) is 19.6. The molecule has 0 aliphatic rings. The number of amides is 2. The molecule has 0 heterocycles. The molecule has 0 atom stereocenters. The zero-order chi connectivity index (χ0) is 25.4. The van der Waals surface area contributed by atoms with E-state index in [0.29, 0.717) is 22.4 Å². The van der Waals surface area contributed by atoms with Crippen LogP contribution in [0.25, 0.3) is 0 Å². The fraction of sp³-hybridized carbons (Fsp3) is 0.115. The number of ether oxygens (including phenoxy) is 3. The van der Waals surface area contributed by atoms with Crippen molar-refractivity contribution >= 4 is 35.1 Å². The van der Waals surface area contributed by atoms with Crippen LogP contribution in [0.3, 0.4) is 0 Å². The third kappa shape index (κ3) is 6.76. The average molecular weight is 493 g/mol. The van der Waals surface area contributed by atoms with Gasteiger partial charge in [-0.2, -0.15) is 0 Å². The van der Waals surface area contributed by atoms with E-state index < -0.39 is 17.8 Å². The molecule has 2 amide bonds. The Morgan fingerprint density at radius 1 is 0.943 bits per heavy atom. The van der Waals surface area contributed by atoms with Gasteiger partial charge in [0.2, 0.25) is 0 Å². The number of nitrogens with two attached hydrogens (primary N) is 1. The Hall–Kier alpha value is -4.48. The molecular formula is C26H21ClN2O6. The van der Waals surface area contributed by atoms with Crippen LogP contribution in [0.2, 0.25) is 5.02 Å². The predicted molar refractivity (Wildman–Crippen MR) is 131 cm³/mol. The fourth-order valence-electron chi connectivity index (χ4n) is 3.00. The minimum absolute atomic E-state index is 0.0875. The number of rotatable bonds is 7. The molecule has 8 nitrogen and oxygen atoms in total. The first-order chi connectivity index (χ1) is 16.8. The lowest BCUT2D eigenvalue weighted by Crippen LogP contribution is -2.20. The molecule has 9 heteroatoms. The molecule has 0 unspecified atom stereocenters. The van der Waals surface area contributed by atoms with Gasteiger partial charge in [0.1, 0.15) is 0 Å². The van der Waals surface area contributed by atoms with Crippen molar-refractivity contribution in [2.24, 2.45) is 5.73 Å². The van der Waals surface area contributed by atoms with Crippen molar-refractivity contribution in [1.82, 2.24) is 0 Å². The van der Waals surface area contributed by atoms with E-state index in [1.807, 2.05) is 0 Å². The summed E-state index contributed by atoms with van der Waals surface area (Å²) < 4.78 is 15.2. The Kier molecular flexibility index (Phi) is 8.33. The molecule has 0 aromatic heterocycles. The number of benzene rings is 3. The van der Waals surface area contributed by atoms with Gasteiger partial charge in [0.25, 0.3) is 11.8 Å². The average Bonchev–Trinajstić information content (AvgIpc) is 2.86. The number of primary amides is 1. The van der Waals surface area contributed by atoms with E-state index in [-0.39, 0.29) is 28.7 Å². The summed E-state index contributed by atoms with van der Waals surface area (Å²) in [6, 6.07) is 16.6. The SMILES string of the molecule is COC(=O)c1cccc(C#Cc2cccc(NC(=O)c3cc(Cl)c(OCC(N)=O)c(OC)c3)c2)c1. The van der Waals surface area contributed by atoms with Gasteiger partial charge in [-0.05, 0) is 48.5 Å². The van der Waals surface area contributed by atoms with Crippen LogP contribution in [0.15, 0.2) is 60.7 Å². The van der Waals surface area contributed by atoms with E-state index in [1.54, 1.807) is 48.5 Å². The van der Waals surface area contributed by atoms with Gasteiger partial charge in [-0.3, -0.25) is 9.59 Å². The molecule has 0 radical (unpaired) electrons. The normalized spacial score (nSPS) is 9.91. The van der Waals surface area contributed by atoms with Gasteiger partial charge in [0, 0.05) is 22.4 Å². The summed E-state index contributed by atoms with van der Waals surface area (Å²) in [6.07, 6.45) is 0. The Bertz CT molecular complexity index is 1340. The smallest absolute Gasteiger partial charge is 0.337 e. The summed E-state index contributed by atoms with van der Waals surface area (Å²) in [5, 5.41) is 2.87. The second-order valence-corrected chi connectivity index (χ2v) is 7.51. The lowest BCUT2D eigenvalue weighted by molar-refractivity contribution is -0.119. The van der Waals surface area contributed by atoms with Gasteiger partial charge in [0.15, 0.2) is 18.1 Å². The van der Waals surface area contributed by atoms with Crippen LogP contribution in [-0.2, 0) is 9.53 Å². The lowest BCUT2D eigenvalue weighted by atomic mass is 10.1. The third-order valence-electron chi connectivity index (χ3n) is 4.61. The maximum Gasteiger partial charge on any atom is 0.337 e. The molecule has 178 valence electrons. The largest absolute Gasteiger partial charge is 0.493 e. The van der Waals surface area contributed by atoms with Crippen molar-refractivity contribution in [2.75, 3.05) is 26.1 Å². The van der Waals surface area contributed by atoms with Crippen LogP contribution >= 0.6 is 11.6 Å². The highest BCUT2D eigenvalue weighted by Gasteiger charge is 2.17. The fourth-order valence-corrected chi connectivity index (χ4v) is 3.26. The lowest BCUT2D eigenvalue weighted by Gasteiger charge is -2.13. The van der Waals surface area contributed by atoms with Crippen LogP contribution < -0.4 is 20.5 Å². The van der Waals surface area contributed by atoms with Gasteiger partial charge >= 0.3 is 5.97 Å². The van der Waals surface area contributed by atoms with E-state index in [2.05, 4.69) is 17.2 Å². The minimum atomic E-state index is -0.677. The van der Waals surface area contributed by atoms with Crippen LogP contribution in [0, 0.1) is 11.8 Å². The second-order valence-electron chi connectivity index (χ2n) is 7.10. The number of carbonyl (C=O) groups excluding carboxylic acids is 3. The molecule has 0 saturated carbocycles. The Balaban J connectivity index is 1.78. The molecule has 3 aromatic rings. The van der Waals surface area contributed by atoms with Crippen molar-refractivity contribution in [3.63, 3.8) is 0 Å². The highest BCUT2D eigenvalue weighted by atomic mass is 35.5. The minimum Gasteiger partial charge on any atom is -0.493 e. The Morgan fingerprint density at radius 2 is 1.63 bits per heavy atom. The molecule has 3 N–H and O–H groups in total. The van der Waals surface area contributed by atoms with Crippen LogP contribution in [0.4, 0.5) is 5.69 Å². The van der Waals surface area contributed by atoms with Crippen molar-refractivity contribution in [1.29, 1.82) is 0 Å². The number of anilines is 1. The van der Waals surface area contributed by atoms with Crippen molar-refractivity contribution in [3.8, 4) is 23.3 Å². The Morgan fingerprint density at radius 3 is 2.29 bits per heavy atom. The van der Waals surface area contributed by atoms with Gasteiger partial charge in [0.05, 0.1) is 24.8 Å². The van der Waals surface area contributed by atoms with Gasteiger partial charge in [-0.15, -0.1) is 0 Å². The summed E-state index contributed by atoms with van der Waals surface area (Å²) in [5.74, 6) is 4.72. The van der Waals surface area contributed by atoms with Crippen LogP contribution in [0.5, 0.6) is 11.5 Å². The topological polar surface area (TPSA) is 117 Å². The molecule has 0 spiro atoms. The van der Waals surface area contributed by atoms with Crippen molar-refractivity contribution in [3.05, 3.63) is 87.9 Å². The van der Waals surface area contributed by atoms with Gasteiger partial charge < -0.3 is 25.3 Å². The van der Waals surface area contributed by atoms with Crippen molar-refractivity contribution < 1.29 is 28.6 Å². The van der Waals surface area contributed by atoms with Gasteiger partial charge in [-0.25, -0.2) is 4.79 Å². The first-order valence-corrected chi connectivity index (χ1v) is 10.6. The third-order valence-corrected chi connectivity index (χ3v) is 4.89. The molecule has 0 aliphatic heterocycles. The standard InChI is InChI=1S/C26H21ClN2O6/c1-33-22-14-19(13-21(27)24(22)35-15-23(28)30)25(31)29-20-8-4-6-17(12-20)10-9-16-5-3-7-18(11-16)26(32)34-2/h3-8,11-14H,15H2,1-2H3,(H2,28,30)(H,29,31). The van der Waals surface area contributed by atoms with E-state index in [0.717, 1.165) is 0 Å². The number of hydrogen-bond donors (Lipinski definition) is 2.